The van der Waals surface area contributed by atoms with E-state index < -0.39 is 23.9 Å². The van der Waals surface area contributed by atoms with Crippen LogP contribution in [0.1, 0.15) is 55.5 Å². The number of halogens is 5. The van der Waals surface area contributed by atoms with E-state index in [-0.39, 0.29) is 16.9 Å². The van der Waals surface area contributed by atoms with E-state index in [4.69, 9.17) is 15.6 Å². The van der Waals surface area contributed by atoms with Gasteiger partial charge >= 0.3 is 12.1 Å². The van der Waals surface area contributed by atoms with Crippen LogP contribution >= 0.6 is 0 Å². The number of carboxylic acid groups (broad SMARTS) is 1. The van der Waals surface area contributed by atoms with E-state index >= 15 is 0 Å². The first kappa shape index (κ1) is 27.2. The van der Waals surface area contributed by atoms with Crippen molar-refractivity contribution in [3.8, 4) is 11.1 Å². The van der Waals surface area contributed by atoms with Gasteiger partial charge in [0.2, 0.25) is 0 Å². The molecular weight excluding hydrogens is 459 g/mol. The maximum absolute atomic E-state index is 14.5. The largest absolute Gasteiger partial charge is 0.490 e. The van der Waals surface area contributed by atoms with Crippen LogP contribution in [0, 0.1) is 17.0 Å². The minimum atomic E-state index is -5.08. The molecular formula is C24H27F5N2O3. The van der Waals surface area contributed by atoms with Gasteiger partial charge < -0.3 is 16.2 Å². The standard InChI is InChI=1S/C22H26F2N2O.C2HF3O2/c1-22(2)10-8-16(9-11-22)26-13-15-7-6-14(12-19(15)23)17-4-3-5-18(20(17)24)21(25)27;3-2(4,5)1(6)7/h3-7,12,16,26H,8-11,13H2,1-2H3,(H2,25,27);(H,6,7). The lowest BCUT2D eigenvalue weighted by molar-refractivity contribution is -0.192. The molecule has 0 unspecified atom stereocenters. The Morgan fingerprint density at radius 2 is 1.71 bits per heavy atom. The summed E-state index contributed by atoms with van der Waals surface area (Å²) >= 11 is 0. The quantitative estimate of drug-likeness (QED) is 0.492. The van der Waals surface area contributed by atoms with Crippen molar-refractivity contribution in [3.05, 3.63) is 59.2 Å². The number of alkyl halides is 3. The predicted octanol–water partition coefficient (Wildman–Crippen LogP) is 5.42. The Hall–Kier alpha value is -3.01. The highest BCUT2D eigenvalue weighted by Gasteiger charge is 2.38. The predicted molar refractivity (Wildman–Crippen MR) is 117 cm³/mol. The van der Waals surface area contributed by atoms with Crippen molar-refractivity contribution in [1.82, 2.24) is 5.32 Å². The van der Waals surface area contributed by atoms with Gasteiger partial charge in [0.15, 0.2) is 0 Å². The number of carbonyl (C=O) groups excluding carboxylic acids is 1. The number of aliphatic carboxylic acids is 1. The summed E-state index contributed by atoms with van der Waals surface area (Å²) in [5.41, 5.74) is 6.49. The molecule has 0 saturated heterocycles. The number of amides is 1. The van der Waals surface area contributed by atoms with Gasteiger partial charge in [0.05, 0.1) is 5.56 Å². The summed E-state index contributed by atoms with van der Waals surface area (Å²) < 4.78 is 60.7. The number of hydrogen-bond acceptors (Lipinski definition) is 3. The van der Waals surface area contributed by atoms with E-state index in [1.54, 1.807) is 12.1 Å². The number of primary amides is 1. The maximum atomic E-state index is 14.5. The molecule has 34 heavy (non-hydrogen) atoms. The number of benzene rings is 2. The minimum Gasteiger partial charge on any atom is -0.475 e. The fourth-order valence-electron chi connectivity index (χ4n) is 3.66. The Morgan fingerprint density at radius 3 is 2.21 bits per heavy atom. The fourth-order valence-corrected chi connectivity index (χ4v) is 3.66. The maximum Gasteiger partial charge on any atom is 0.490 e. The minimum absolute atomic E-state index is 0.166. The molecule has 0 aromatic heterocycles. The highest BCUT2D eigenvalue weighted by Crippen LogP contribution is 2.35. The van der Waals surface area contributed by atoms with Gasteiger partial charge in [-0.05, 0) is 48.8 Å². The van der Waals surface area contributed by atoms with Crippen LogP contribution in [0.2, 0.25) is 0 Å². The number of carbonyl (C=O) groups is 2. The van der Waals surface area contributed by atoms with Crippen LogP contribution in [0.5, 0.6) is 0 Å². The van der Waals surface area contributed by atoms with E-state index in [1.165, 1.54) is 37.1 Å². The van der Waals surface area contributed by atoms with E-state index in [0.29, 0.717) is 29.1 Å². The fraction of sp³-hybridized carbons (Fsp3) is 0.417. The molecule has 0 heterocycles. The third-order valence-electron chi connectivity index (χ3n) is 5.79. The zero-order chi connectivity index (χ0) is 25.7. The molecule has 2 aromatic rings. The molecule has 0 spiro atoms. The van der Waals surface area contributed by atoms with E-state index in [1.807, 2.05) is 0 Å². The summed E-state index contributed by atoms with van der Waals surface area (Å²) in [7, 11) is 0. The van der Waals surface area contributed by atoms with E-state index in [9.17, 15) is 26.7 Å². The third-order valence-corrected chi connectivity index (χ3v) is 5.79. The van der Waals surface area contributed by atoms with Crippen molar-refractivity contribution in [2.24, 2.45) is 11.1 Å². The normalized spacial score (nSPS) is 15.9. The molecule has 0 radical (unpaired) electrons. The second-order valence-electron chi connectivity index (χ2n) is 8.96. The molecule has 1 aliphatic carbocycles. The lowest BCUT2D eigenvalue weighted by Crippen LogP contribution is -2.35. The SMILES string of the molecule is CC1(C)CCC(NCc2ccc(-c3cccc(C(N)=O)c3F)cc2F)CC1.O=C(O)C(F)(F)F. The van der Waals surface area contributed by atoms with Crippen molar-refractivity contribution in [3.63, 3.8) is 0 Å². The van der Waals surface area contributed by atoms with Crippen LogP contribution in [0.15, 0.2) is 36.4 Å². The Morgan fingerprint density at radius 1 is 1.12 bits per heavy atom. The molecule has 0 atom stereocenters. The van der Waals surface area contributed by atoms with Crippen LogP contribution in [-0.2, 0) is 11.3 Å². The first-order chi connectivity index (χ1) is 15.7. The lowest BCUT2D eigenvalue weighted by atomic mass is 9.75. The smallest absolute Gasteiger partial charge is 0.475 e. The first-order valence-electron chi connectivity index (χ1n) is 10.6. The van der Waals surface area contributed by atoms with Gasteiger partial charge in [-0.2, -0.15) is 13.2 Å². The van der Waals surface area contributed by atoms with Crippen molar-refractivity contribution < 1.29 is 36.6 Å². The molecule has 4 N–H and O–H groups in total. The van der Waals surface area contributed by atoms with E-state index in [0.717, 1.165) is 12.8 Å². The Bertz CT molecular complexity index is 1030. The monoisotopic (exact) mass is 486 g/mol. The number of nitrogens with one attached hydrogen (secondary N) is 1. The van der Waals surface area contributed by atoms with Crippen molar-refractivity contribution >= 4 is 11.9 Å². The topological polar surface area (TPSA) is 92.4 Å². The van der Waals surface area contributed by atoms with Crippen LogP contribution < -0.4 is 11.1 Å². The molecule has 1 saturated carbocycles. The molecule has 10 heteroatoms. The Balaban J connectivity index is 0.000000509. The number of nitrogens with two attached hydrogens (primary N) is 1. The molecule has 1 fully saturated rings. The molecule has 0 bridgehead atoms. The summed E-state index contributed by atoms with van der Waals surface area (Å²) in [6.07, 6.45) is -0.557. The lowest BCUT2D eigenvalue weighted by Gasteiger charge is -2.34. The highest BCUT2D eigenvalue weighted by molar-refractivity contribution is 5.94. The van der Waals surface area contributed by atoms with Crippen molar-refractivity contribution in [2.75, 3.05) is 0 Å². The highest BCUT2D eigenvalue weighted by atomic mass is 19.4. The van der Waals surface area contributed by atoms with Gasteiger partial charge in [-0.15, -0.1) is 0 Å². The average molecular weight is 486 g/mol. The number of rotatable bonds is 5. The van der Waals surface area contributed by atoms with Crippen LogP contribution in [0.25, 0.3) is 11.1 Å². The summed E-state index contributed by atoms with van der Waals surface area (Å²) in [5, 5.41) is 10.6. The number of hydrogen-bond donors (Lipinski definition) is 3. The van der Waals surface area contributed by atoms with E-state index in [2.05, 4.69) is 19.2 Å². The van der Waals surface area contributed by atoms with Gasteiger partial charge in [0.1, 0.15) is 11.6 Å². The van der Waals surface area contributed by atoms with Crippen LogP contribution in [0.3, 0.4) is 0 Å². The van der Waals surface area contributed by atoms with Gasteiger partial charge in [-0.3, -0.25) is 4.79 Å². The second-order valence-corrected chi connectivity index (χ2v) is 8.96. The average Bonchev–Trinajstić information content (AvgIpc) is 2.73. The molecule has 3 rings (SSSR count). The summed E-state index contributed by atoms with van der Waals surface area (Å²) in [6, 6.07) is 9.43. The summed E-state index contributed by atoms with van der Waals surface area (Å²) in [6.45, 7) is 5.02. The van der Waals surface area contributed by atoms with Gasteiger partial charge in [0, 0.05) is 23.7 Å². The zero-order valence-corrected chi connectivity index (χ0v) is 18.8. The van der Waals surface area contributed by atoms with Crippen LogP contribution in [0.4, 0.5) is 22.0 Å². The zero-order valence-electron chi connectivity index (χ0n) is 18.8. The van der Waals surface area contributed by atoms with Crippen molar-refractivity contribution in [1.29, 1.82) is 0 Å². The summed E-state index contributed by atoms with van der Waals surface area (Å²) in [4.78, 5) is 20.2. The molecule has 186 valence electrons. The number of carboxylic acids is 1. The van der Waals surface area contributed by atoms with Crippen LogP contribution in [-0.4, -0.2) is 29.2 Å². The molecule has 1 amide bonds. The Labute approximate surface area is 194 Å². The second kappa shape index (κ2) is 10.9. The third kappa shape index (κ3) is 7.51. The molecule has 0 aliphatic heterocycles. The van der Waals surface area contributed by atoms with Crippen molar-refractivity contribution in [2.45, 2.75) is 58.3 Å². The molecule has 5 nitrogen and oxygen atoms in total. The van der Waals surface area contributed by atoms with Gasteiger partial charge in [-0.1, -0.05) is 38.1 Å². The molecule has 2 aromatic carbocycles. The van der Waals surface area contributed by atoms with Gasteiger partial charge in [0.25, 0.3) is 5.91 Å². The first-order valence-corrected chi connectivity index (χ1v) is 10.6. The molecule has 1 aliphatic rings. The summed E-state index contributed by atoms with van der Waals surface area (Å²) in [5.74, 6) is -4.71. The van der Waals surface area contributed by atoms with Gasteiger partial charge in [-0.25, -0.2) is 13.6 Å². The Kier molecular flexibility index (Phi) is 8.77.